The number of nitroso groups, excluding NO2 is 1. The maximum Gasteiger partial charge on any atom is 0.124 e. The molecule has 0 aliphatic heterocycles. The summed E-state index contributed by atoms with van der Waals surface area (Å²) in [4.78, 5) is 14.6. The lowest BCUT2D eigenvalue weighted by atomic mass is 10.2. The predicted octanol–water partition coefficient (Wildman–Crippen LogP) is 3.85. The Labute approximate surface area is 105 Å². The van der Waals surface area contributed by atoms with Crippen LogP contribution in [0.1, 0.15) is 11.1 Å². The van der Waals surface area contributed by atoms with Crippen molar-refractivity contribution in [3.05, 3.63) is 58.5 Å². The largest absolute Gasteiger partial charge is 0.507 e. The van der Waals surface area contributed by atoms with E-state index in [1.54, 1.807) is 0 Å². The molecule has 0 aromatic heterocycles. The number of aryl methyl sites for hydroxylation is 1. The number of aromatic hydroxyl groups is 1. The first-order valence-corrected chi connectivity index (χ1v) is 5.46. The van der Waals surface area contributed by atoms with Crippen LogP contribution in [0.5, 0.6) is 5.75 Å². The van der Waals surface area contributed by atoms with Crippen molar-refractivity contribution in [1.82, 2.24) is 0 Å². The van der Waals surface area contributed by atoms with Gasteiger partial charge in [-0.2, -0.15) is 0 Å². The van der Waals surface area contributed by atoms with Gasteiger partial charge in [-0.05, 0) is 42.4 Å². The molecule has 0 saturated carbocycles. The van der Waals surface area contributed by atoms with E-state index < -0.39 is 0 Å². The topological polar surface area (TPSA) is 62.0 Å². The molecule has 0 atom stereocenters. The van der Waals surface area contributed by atoms with E-state index in [9.17, 15) is 10.0 Å². The van der Waals surface area contributed by atoms with Gasteiger partial charge in [-0.1, -0.05) is 17.7 Å². The van der Waals surface area contributed by atoms with E-state index in [0.29, 0.717) is 5.56 Å². The molecule has 90 valence electrons. The summed E-state index contributed by atoms with van der Waals surface area (Å²) in [6, 6.07) is 12.0. The zero-order valence-electron chi connectivity index (χ0n) is 9.87. The monoisotopic (exact) mass is 240 g/mol. The molecule has 0 radical (unpaired) electrons. The van der Waals surface area contributed by atoms with Gasteiger partial charge in [0.1, 0.15) is 11.4 Å². The molecule has 2 aromatic carbocycles. The highest BCUT2D eigenvalue weighted by atomic mass is 16.3. The van der Waals surface area contributed by atoms with E-state index in [2.05, 4.69) is 10.2 Å². The first-order valence-electron chi connectivity index (χ1n) is 5.46. The van der Waals surface area contributed by atoms with Gasteiger partial charge in [0.25, 0.3) is 0 Å². The van der Waals surface area contributed by atoms with Crippen LogP contribution in [0.4, 0.5) is 11.4 Å². The first kappa shape index (κ1) is 12.0. The minimum absolute atomic E-state index is 0.0678. The van der Waals surface area contributed by atoms with Crippen molar-refractivity contribution in [1.29, 1.82) is 0 Å². The number of aliphatic imine (C=N–C) groups is 1. The predicted molar refractivity (Wildman–Crippen MR) is 72.0 cm³/mol. The third-order valence-electron chi connectivity index (χ3n) is 2.50. The smallest absolute Gasteiger partial charge is 0.124 e. The molecule has 0 heterocycles. The third kappa shape index (κ3) is 2.79. The van der Waals surface area contributed by atoms with Gasteiger partial charge >= 0.3 is 0 Å². The highest BCUT2D eigenvalue weighted by Gasteiger charge is 2.00. The Hall–Kier alpha value is -2.49. The Bertz CT molecular complexity index is 589. The Morgan fingerprint density at radius 2 is 1.72 bits per heavy atom. The zero-order chi connectivity index (χ0) is 13.0. The molecule has 4 nitrogen and oxygen atoms in total. The summed E-state index contributed by atoms with van der Waals surface area (Å²) in [6.07, 6.45) is 1.51. The lowest BCUT2D eigenvalue weighted by Gasteiger charge is -1.99. The van der Waals surface area contributed by atoms with Gasteiger partial charge in [-0.25, -0.2) is 0 Å². The molecular formula is C14H12N2O2. The van der Waals surface area contributed by atoms with Crippen molar-refractivity contribution in [2.75, 3.05) is 0 Å². The van der Waals surface area contributed by atoms with Gasteiger partial charge < -0.3 is 5.11 Å². The molecule has 0 amide bonds. The van der Waals surface area contributed by atoms with Gasteiger partial charge in [0.2, 0.25) is 0 Å². The number of phenols is 1. The van der Waals surface area contributed by atoms with Crippen molar-refractivity contribution in [2.45, 2.75) is 6.92 Å². The Balaban J connectivity index is 2.27. The van der Waals surface area contributed by atoms with Crippen molar-refractivity contribution in [3.8, 4) is 5.75 Å². The molecule has 0 unspecified atom stereocenters. The van der Waals surface area contributed by atoms with E-state index >= 15 is 0 Å². The molecule has 2 rings (SSSR count). The summed E-state index contributed by atoms with van der Waals surface area (Å²) in [5.74, 6) is 0.0678. The molecule has 2 aromatic rings. The van der Waals surface area contributed by atoms with Gasteiger partial charge in [-0.15, -0.1) is 4.91 Å². The zero-order valence-corrected chi connectivity index (χ0v) is 9.87. The standard InChI is InChI=1S/C14H12N2O2/c1-10-2-4-12(5-3-10)15-9-11-8-13(16-18)6-7-14(11)17/h2-9,17H,1H3. The lowest BCUT2D eigenvalue weighted by molar-refractivity contribution is 0.474. The van der Waals surface area contributed by atoms with Crippen molar-refractivity contribution >= 4 is 17.6 Å². The fourth-order valence-electron chi connectivity index (χ4n) is 1.48. The maximum atomic E-state index is 10.4. The average Bonchev–Trinajstić information content (AvgIpc) is 2.40. The van der Waals surface area contributed by atoms with Crippen LogP contribution in [0.2, 0.25) is 0 Å². The van der Waals surface area contributed by atoms with E-state index in [-0.39, 0.29) is 11.4 Å². The number of hydrogen-bond donors (Lipinski definition) is 1. The summed E-state index contributed by atoms with van der Waals surface area (Å²) in [7, 11) is 0. The van der Waals surface area contributed by atoms with Gasteiger partial charge in [0.15, 0.2) is 0 Å². The van der Waals surface area contributed by atoms with E-state index in [1.807, 2.05) is 31.2 Å². The number of rotatable bonds is 3. The first-order chi connectivity index (χ1) is 8.69. The van der Waals surface area contributed by atoms with Gasteiger partial charge in [0.05, 0.1) is 5.69 Å². The molecule has 0 aliphatic rings. The third-order valence-corrected chi connectivity index (χ3v) is 2.50. The minimum atomic E-state index is 0.0678. The summed E-state index contributed by atoms with van der Waals surface area (Å²) < 4.78 is 0. The molecular weight excluding hydrogens is 228 g/mol. The molecule has 0 aliphatic carbocycles. The second kappa shape index (κ2) is 5.23. The van der Waals surface area contributed by atoms with Crippen LogP contribution >= 0.6 is 0 Å². The minimum Gasteiger partial charge on any atom is -0.507 e. The Morgan fingerprint density at radius 1 is 1.06 bits per heavy atom. The molecule has 1 N–H and O–H groups in total. The highest BCUT2D eigenvalue weighted by Crippen LogP contribution is 2.22. The number of hydrogen-bond acceptors (Lipinski definition) is 4. The number of nitrogens with zero attached hydrogens (tertiary/aromatic N) is 2. The second-order valence-corrected chi connectivity index (χ2v) is 3.93. The number of benzene rings is 2. The fourth-order valence-corrected chi connectivity index (χ4v) is 1.48. The van der Waals surface area contributed by atoms with Crippen LogP contribution in [0.25, 0.3) is 0 Å². The van der Waals surface area contributed by atoms with Crippen LogP contribution in [0, 0.1) is 11.8 Å². The van der Waals surface area contributed by atoms with Crippen molar-refractivity contribution in [3.63, 3.8) is 0 Å². The Kier molecular flexibility index (Phi) is 3.48. The summed E-state index contributed by atoms with van der Waals surface area (Å²) in [5, 5.41) is 12.4. The highest BCUT2D eigenvalue weighted by molar-refractivity contribution is 5.86. The summed E-state index contributed by atoms with van der Waals surface area (Å²) >= 11 is 0. The van der Waals surface area contributed by atoms with E-state index in [0.717, 1.165) is 11.3 Å². The Morgan fingerprint density at radius 3 is 2.39 bits per heavy atom. The van der Waals surface area contributed by atoms with Crippen molar-refractivity contribution in [2.24, 2.45) is 10.2 Å². The fraction of sp³-hybridized carbons (Fsp3) is 0.0714. The molecule has 0 spiro atoms. The average molecular weight is 240 g/mol. The summed E-state index contributed by atoms with van der Waals surface area (Å²) in [6.45, 7) is 2.00. The number of phenolic OH excluding ortho intramolecular Hbond substituents is 1. The maximum absolute atomic E-state index is 10.4. The quantitative estimate of drug-likeness (QED) is 0.654. The molecule has 18 heavy (non-hydrogen) atoms. The normalized spacial score (nSPS) is 10.7. The SMILES string of the molecule is Cc1ccc(N=Cc2cc(N=O)ccc2O)cc1. The van der Waals surface area contributed by atoms with Crippen LogP contribution in [-0.4, -0.2) is 11.3 Å². The summed E-state index contributed by atoms with van der Waals surface area (Å²) in [5.41, 5.74) is 2.67. The molecule has 0 bridgehead atoms. The van der Waals surface area contributed by atoms with Crippen molar-refractivity contribution < 1.29 is 5.11 Å². The van der Waals surface area contributed by atoms with Crippen LogP contribution in [-0.2, 0) is 0 Å². The lowest BCUT2D eigenvalue weighted by Crippen LogP contribution is -1.81. The molecule has 4 heteroatoms. The van der Waals surface area contributed by atoms with Gasteiger partial charge in [0, 0.05) is 11.8 Å². The molecule has 0 fully saturated rings. The van der Waals surface area contributed by atoms with E-state index in [1.165, 1.54) is 24.4 Å². The molecule has 0 saturated heterocycles. The van der Waals surface area contributed by atoms with Gasteiger partial charge in [-0.3, -0.25) is 4.99 Å². The second-order valence-electron chi connectivity index (χ2n) is 3.93. The van der Waals surface area contributed by atoms with E-state index in [4.69, 9.17) is 0 Å². The van der Waals surface area contributed by atoms with Crippen LogP contribution < -0.4 is 0 Å². The van der Waals surface area contributed by atoms with Crippen LogP contribution in [0.3, 0.4) is 0 Å². The van der Waals surface area contributed by atoms with Crippen LogP contribution in [0.15, 0.2) is 52.6 Å².